The lowest BCUT2D eigenvalue weighted by atomic mass is 9.87. The fraction of sp³-hybridized carbons (Fsp3) is 0.889. The topological polar surface area (TPSA) is 38.7 Å². The Morgan fingerprint density at radius 2 is 2.42 bits per heavy atom. The second kappa shape index (κ2) is 5.07. The molecule has 1 fully saturated rings. The molecule has 0 aromatic carbocycles. The van der Waals surface area contributed by atoms with Gasteiger partial charge in [-0.3, -0.25) is 0 Å². The fourth-order valence-corrected chi connectivity index (χ4v) is 1.79. The van der Waals surface area contributed by atoms with E-state index < -0.39 is 0 Å². The summed E-state index contributed by atoms with van der Waals surface area (Å²) in [5.41, 5.74) is 0. The normalized spacial score (nSPS) is 29.4. The Balaban J connectivity index is 2.30. The van der Waals surface area contributed by atoms with Crippen LogP contribution in [0, 0.1) is 5.92 Å². The summed E-state index contributed by atoms with van der Waals surface area (Å²) in [5, 5.41) is 0. The SMILES string of the molecule is COC1CCCC(CN=C=O)C1. The van der Waals surface area contributed by atoms with Crippen molar-refractivity contribution in [2.75, 3.05) is 13.7 Å². The van der Waals surface area contributed by atoms with Gasteiger partial charge in [0.05, 0.1) is 12.6 Å². The van der Waals surface area contributed by atoms with Crippen LogP contribution in [0.3, 0.4) is 0 Å². The highest BCUT2D eigenvalue weighted by molar-refractivity contribution is 5.32. The first-order valence-electron chi connectivity index (χ1n) is 4.43. The standard InChI is InChI=1S/C9H15NO2/c1-12-9-4-2-3-8(5-9)6-10-7-11/h8-9H,2-6H2,1H3. The molecule has 0 N–H and O–H groups in total. The van der Waals surface area contributed by atoms with E-state index in [1.807, 2.05) is 0 Å². The first kappa shape index (κ1) is 9.43. The molecular formula is C9H15NO2. The summed E-state index contributed by atoms with van der Waals surface area (Å²) in [6.07, 6.45) is 6.52. The smallest absolute Gasteiger partial charge is 0.234 e. The highest BCUT2D eigenvalue weighted by Gasteiger charge is 2.20. The van der Waals surface area contributed by atoms with Crippen molar-refractivity contribution in [2.45, 2.75) is 31.8 Å². The van der Waals surface area contributed by atoms with Crippen LogP contribution < -0.4 is 0 Å². The Morgan fingerprint density at radius 1 is 1.58 bits per heavy atom. The predicted molar refractivity (Wildman–Crippen MR) is 45.7 cm³/mol. The minimum Gasteiger partial charge on any atom is -0.381 e. The van der Waals surface area contributed by atoms with Crippen LogP contribution >= 0.6 is 0 Å². The zero-order valence-electron chi connectivity index (χ0n) is 7.45. The molecule has 68 valence electrons. The molecule has 0 saturated heterocycles. The van der Waals surface area contributed by atoms with Crippen LogP contribution in [-0.2, 0) is 9.53 Å². The molecule has 0 aromatic rings. The third-order valence-electron chi connectivity index (χ3n) is 2.48. The molecule has 0 bridgehead atoms. The molecule has 1 aliphatic rings. The average Bonchev–Trinajstić information content (AvgIpc) is 2.15. The quantitative estimate of drug-likeness (QED) is 0.474. The van der Waals surface area contributed by atoms with Gasteiger partial charge >= 0.3 is 0 Å². The third-order valence-corrected chi connectivity index (χ3v) is 2.48. The van der Waals surface area contributed by atoms with Crippen LogP contribution in [-0.4, -0.2) is 25.8 Å². The molecule has 1 rings (SSSR count). The Kier molecular flexibility index (Phi) is 3.98. The summed E-state index contributed by atoms with van der Waals surface area (Å²) in [6.45, 7) is 0.628. The van der Waals surface area contributed by atoms with E-state index in [1.54, 1.807) is 13.2 Å². The monoisotopic (exact) mass is 169 g/mol. The summed E-state index contributed by atoms with van der Waals surface area (Å²) < 4.78 is 5.26. The Hall–Kier alpha value is -0.660. The number of isocyanates is 1. The van der Waals surface area contributed by atoms with Gasteiger partial charge in [-0.15, -0.1) is 0 Å². The molecular weight excluding hydrogens is 154 g/mol. The van der Waals surface area contributed by atoms with Gasteiger partial charge in [0.25, 0.3) is 0 Å². The van der Waals surface area contributed by atoms with Gasteiger partial charge in [-0.2, -0.15) is 0 Å². The Morgan fingerprint density at radius 3 is 3.08 bits per heavy atom. The zero-order chi connectivity index (χ0) is 8.81. The van der Waals surface area contributed by atoms with Gasteiger partial charge in [-0.1, -0.05) is 6.42 Å². The van der Waals surface area contributed by atoms with Crippen LogP contribution in [0.1, 0.15) is 25.7 Å². The molecule has 0 aromatic heterocycles. The molecule has 3 heteroatoms. The number of carbonyl (C=O) groups excluding carboxylic acids is 1. The molecule has 3 nitrogen and oxygen atoms in total. The van der Waals surface area contributed by atoms with Crippen LogP contribution in [0.15, 0.2) is 4.99 Å². The maximum Gasteiger partial charge on any atom is 0.234 e. The molecule has 2 unspecified atom stereocenters. The second-order valence-corrected chi connectivity index (χ2v) is 3.32. The Labute approximate surface area is 72.8 Å². The van der Waals surface area contributed by atoms with E-state index >= 15 is 0 Å². The zero-order valence-corrected chi connectivity index (χ0v) is 7.45. The molecule has 0 amide bonds. The summed E-state index contributed by atoms with van der Waals surface area (Å²) in [4.78, 5) is 13.5. The molecule has 0 radical (unpaired) electrons. The highest BCUT2D eigenvalue weighted by atomic mass is 16.5. The van der Waals surface area contributed by atoms with Gasteiger partial charge in [-0.25, -0.2) is 9.79 Å². The number of methoxy groups -OCH3 is 1. The molecule has 0 heterocycles. The van der Waals surface area contributed by atoms with E-state index in [1.165, 1.54) is 12.8 Å². The third kappa shape index (κ3) is 2.76. The van der Waals surface area contributed by atoms with Crippen molar-refractivity contribution in [3.63, 3.8) is 0 Å². The molecule has 0 spiro atoms. The summed E-state index contributed by atoms with van der Waals surface area (Å²) in [7, 11) is 1.75. The van der Waals surface area contributed by atoms with Crippen molar-refractivity contribution in [3.8, 4) is 0 Å². The number of hydrogen-bond acceptors (Lipinski definition) is 3. The number of hydrogen-bond donors (Lipinski definition) is 0. The van der Waals surface area contributed by atoms with Crippen molar-refractivity contribution in [1.82, 2.24) is 0 Å². The average molecular weight is 169 g/mol. The van der Waals surface area contributed by atoms with Crippen LogP contribution in [0.5, 0.6) is 0 Å². The van der Waals surface area contributed by atoms with E-state index in [0.29, 0.717) is 18.6 Å². The van der Waals surface area contributed by atoms with Gasteiger partial charge in [0, 0.05) is 7.11 Å². The first-order chi connectivity index (χ1) is 5.86. The predicted octanol–water partition coefficient (Wildman–Crippen LogP) is 1.53. The lowest BCUT2D eigenvalue weighted by Crippen LogP contribution is -2.23. The largest absolute Gasteiger partial charge is 0.381 e. The summed E-state index contributed by atoms with van der Waals surface area (Å²) in [6, 6.07) is 0. The van der Waals surface area contributed by atoms with Gasteiger partial charge in [0.2, 0.25) is 6.08 Å². The number of rotatable bonds is 3. The lowest BCUT2D eigenvalue weighted by Gasteiger charge is -2.26. The first-order valence-corrected chi connectivity index (χ1v) is 4.43. The van der Waals surface area contributed by atoms with E-state index in [-0.39, 0.29) is 0 Å². The molecule has 2 atom stereocenters. The van der Waals surface area contributed by atoms with Crippen molar-refractivity contribution in [1.29, 1.82) is 0 Å². The minimum absolute atomic E-state index is 0.380. The highest BCUT2D eigenvalue weighted by Crippen LogP contribution is 2.25. The summed E-state index contributed by atoms with van der Waals surface area (Å²) in [5.74, 6) is 0.533. The van der Waals surface area contributed by atoms with Crippen molar-refractivity contribution in [2.24, 2.45) is 10.9 Å². The van der Waals surface area contributed by atoms with Gasteiger partial charge in [-0.05, 0) is 25.2 Å². The second-order valence-electron chi connectivity index (χ2n) is 3.32. The van der Waals surface area contributed by atoms with E-state index in [2.05, 4.69) is 4.99 Å². The van der Waals surface area contributed by atoms with Crippen molar-refractivity contribution < 1.29 is 9.53 Å². The number of nitrogens with zero attached hydrogens (tertiary/aromatic N) is 1. The maximum absolute atomic E-state index is 9.88. The van der Waals surface area contributed by atoms with Gasteiger partial charge in [0.15, 0.2) is 0 Å². The summed E-state index contributed by atoms with van der Waals surface area (Å²) >= 11 is 0. The maximum atomic E-state index is 9.88. The molecule has 0 aliphatic heterocycles. The Bertz CT molecular complexity index is 175. The van der Waals surface area contributed by atoms with E-state index in [4.69, 9.17) is 4.74 Å². The van der Waals surface area contributed by atoms with Gasteiger partial charge < -0.3 is 4.74 Å². The van der Waals surface area contributed by atoms with Crippen LogP contribution in [0.2, 0.25) is 0 Å². The number of aliphatic imine (C=N–C) groups is 1. The molecule has 12 heavy (non-hydrogen) atoms. The van der Waals surface area contributed by atoms with Crippen molar-refractivity contribution >= 4 is 6.08 Å². The van der Waals surface area contributed by atoms with E-state index in [0.717, 1.165) is 12.8 Å². The molecule has 1 aliphatic carbocycles. The lowest BCUT2D eigenvalue weighted by molar-refractivity contribution is 0.0525. The minimum atomic E-state index is 0.380. The van der Waals surface area contributed by atoms with Crippen molar-refractivity contribution in [3.05, 3.63) is 0 Å². The van der Waals surface area contributed by atoms with Crippen LogP contribution in [0.4, 0.5) is 0 Å². The fourth-order valence-electron chi connectivity index (χ4n) is 1.79. The van der Waals surface area contributed by atoms with Gasteiger partial charge in [0.1, 0.15) is 0 Å². The molecule has 1 saturated carbocycles. The van der Waals surface area contributed by atoms with Crippen LogP contribution in [0.25, 0.3) is 0 Å². The number of ether oxygens (including phenoxy) is 1. The van der Waals surface area contributed by atoms with E-state index in [9.17, 15) is 4.79 Å².